The lowest BCUT2D eigenvalue weighted by Crippen LogP contribution is -2.56. The number of rotatable bonds is 8. The summed E-state index contributed by atoms with van der Waals surface area (Å²) in [5.74, 6) is -0.613. The van der Waals surface area contributed by atoms with Crippen LogP contribution in [0.2, 0.25) is 0 Å². The van der Waals surface area contributed by atoms with E-state index in [0.717, 1.165) is 11.1 Å². The second-order valence-electron chi connectivity index (χ2n) is 9.13. The van der Waals surface area contributed by atoms with Crippen molar-refractivity contribution in [1.82, 2.24) is 14.5 Å². The highest BCUT2D eigenvalue weighted by Crippen LogP contribution is 2.16. The van der Waals surface area contributed by atoms with Gasteiger partial charge in [-0.25, -0.2) is 12.8 Å². The number of halogens is 1. The first kappa shape index (κ1) is 25.8. The van der Waals surface area contributed by atoms with Crippen molar-refractivity contribution in [3.8, 4) is 0 Å². The number of amides is 2. The quantitative estimate of drug-likeness (QED) is 0.618. The molecule has 2 aromatic rings. The largest absolute Gasteiger partial charge is 0.339 e. The maximum absolute atomic E-state index is 13.3. The Bertz CT molecular complexity index is 1090. The van der Waals surface area contributed by atoms with Crippen molar-refractivity contribution in [2.75, 3.05) is 26.2 Å². The summed E-state index contributed by atoms with van der Waals surface area (Å²) in [7, 11) is -3.86. The molecule has 1 aliphatic heterocycles. The third-order valence-corrected chi connectivity index (χ3v) is 7.33. The second kappa shape index (κ2) is 11.1. The molecule has 1 N–H and O–H groups in total. The van der Waals surface area contributed by atoms with Crippen molar-refractivity contribution >= 4 is 21.8 Å². The van der Waals surface area contributed by atoms with Gasteiger partial charge >= 0.3 is 0 Å². The fourth-order valence-corrected chi connectivity index (χ4v) is 5.13. The predicted molar refractivity (Wildman–Crippen MR) is 128 cm³/mol. The molecule has 2 amide bonds. The van der Waals surface area contributed by atoms with E-state index in [1.807, 2.05) is 20.8 Å². The number of aryl methyl sites for hydroxylation is 1. The summed E-state index contributed by atoms with van der Waals surface area (Å²) in [6.45, 7) is 7.14. The maximum atomic E-state index is 13.3. The number of carbonyl (C=O) groups excluding carboxylic acids is 2. The molecular weight excluding hydrogens is 457 g/mol. The Kier molecular flexibility index (Phi) is 8.43. The van der Waals surface area contributed by atoms with Crippen LogP contribution in [0.1, 0.15) is 31.4 Å². The van der Waals surface area contributed by atoms with Gasteiger partial charge in [-0.2, -0.15) is 4.72 Å². The van der Waals surface area contributed by atoms with E-state index >= 15 is 0 Å². The van der Waals surface area contributed by atoms with E-state index in [0.29, 0.717) is 32.6 Å². The third-order valence-electron chi connectivity index (χ3n) is 5.85. The van der Waals surface area contributed by atoms with E-state index in [1.54, 1.807) is 34.1 Å². The highest BCUT2D eigenvalue weighted by atomic mass is 32.2. The normalized spacial score (nSPS) is 15.4. The maximum Gasteiger partial charge on any atom is 0.241 e. The van der Waals surface area contributed by atoms with Crippen molar-refractivity contribution in [3.63, 3.8) is 0 Å². The molecule has 1 atom stereocenters. The first-order chi connectivity index (χ1) is 16.0. The fraction of sp³-hybridized carbons (Fsp3) is 0.440. The molecule has 0 aliphatic carbocycles. The van der Waals surface area contributed by atoms with Crippen LogP contribution in [0.4, 0.5) is 4.39 Å². The molecule has 184 valence electrons. The number of carbonyl (C=O) groups is 2. The molecule has 2 aromatic carbocycles. The van der Waals surface area contributed by atoms with Gasteiger partial charge in [0.05, 0.1) is 11.3 Å². The van der Waals surface area contributed by atoms with Crippen molar-refractivity contribution in [1.29, 1.82) is 0 Å². The van der Waals surface area contributed by atoms with E-state index in [1.165, 1.54) is 24.3 Å². The van der Waals surface area contributed by atoms with E-state index in [4.69, 9.17) is 0 Å². The van der Waals surface area contributed by atoms with Crippen LogP contribution in [0.15, 0.2) is 53.4 Å². The molecule has 0 aromatic heterocycles. The number of piperazine rings is 1. The Labute approximate surface area is 201 Å². The summed E-state index contributed by atoms with van der Waals surface area (Å²) < 4.78 is 41.5. The molecule has 1 heterocycles. The van der Waals surface area contributed by atoms with Crippen LogP contribution in [-0.4, -0.2) is 62.3 Å². The van der Waals surface area contributed by atoms with Crippen LogP contribution in [0.5, 0.6) is 0 Å². The van der Waals surface area contributed by atoms with Gasteiger partial charge in [-0.15, -0.1) is 0 Å². The molecule has 7 nitrogen and oxygen atoms in total. The Balaban J connectivity index is 1.62. The van der Waals surface area contributed by atoms with Crippen molar-refractivity contribution < 1.29 is 22.4 Å². The Morgan fingerprint density at radius 2 is 1.50 bits per heavy atom. The lowest BCUT2D eigenvalue weighted by atomic mass is 10.0. The molecule has 0 spiro atoms. The minimum Gasteiger partial charge on any atom is -0.339 e. The molecule has 3 rings (SSSR count). The van der Waals surface area contributed by atoms with Crippen molar-refractivity contribution in [2.24, 2.45) is 5.92 Å². The smallest absolute Gasteiger partial charge is 0.241 e. The van der Waals surface area contributed by atoms with Gasteiger partial charge < -0.3 is 9.80 Å². The molecule has 0 bridgehead atoms. The molecule has 1 aliphatic rings. The van der Waals surface area contributed by atoms with Gasteiger partial charge in [-0.3, -0.25) is 9.59 Å². The van der Waals surface area contributed by atoms with Crippen LogP contribution >= 0.6 is 0 Å². The number of sulfonamides is 1. The first-order valence-electron chi connectivity index (χ1n) is 11.4. The number of benzene rings is 2. The highest BCUT2D eigenvalue weighted by Gasteiger charge is 2.32. The molecular formula is C25H32FN3O4S. The minimum atomic E-state index is -3.86. The average Bonchev–Trinajstić information content (AvgIpc) is 2.79. The summed E-state index contributed by atoms with van der Waals surface area (Å²) >= 11 is 0. The average molecular weight is 490 g/mol. The van der Waals surface area contributed by atoms with Crippen LogP contribution < -0.4 is 4.72 Å². The monoisotopic (exact) mass is 489 g/mol. The first-order valence-corrected chi connectivity index (χ1v) is 12.9. The van der Waals surface area contributed by atoms with Gasteiger partial charge in [-0.05, 0) is 49.1 Å². The summed E-state index contributed by atoms with van der Waals surface area (Å²) in [6.07, 6.45) is 0.536. The molecule has 0 saturated carbocycles. The SMILES string of the molecule is Cc1ccc(S(=O)(=O)NC(CC(C)C)C(=O)N2CCN(C(=O)Cc3ccc(F)cc3)CC2)cc1. The zero-order chi connectivity index (χ0) is 24.9. The zero-order valence-corrected chi connectivity index (χ0v) is 20.6. The predicted octanol–water partition coefficient (Wildman–Crippen LogP) is 2.74. The molecule has 9 heteroatoms. The lowest BCUT2D eigenvalue weighted by Gasteiger charge is -2.37. The topological polar surface area (TPSA) is 86.8 Å². The minimum absolute atomic E-state index is 0.0856. The molecule has 1 unspecified atom stereocenters. The van der Waals surface area contributed by atoms with E-state index in [-0.39, 0.29) is 34.9 Å². The Hall–Kier alpha value is -2.78. The van der Waals surface area contributed by atoms with Gasteiger partial charge in [-0.1, -0.05) is 43.7 Å². The van der Waals surface area contributed by atoms with Gasteiger partial charge in [0.15, 0.2) is 0 Å². The van der Waals surface area contributed by atoms with Crippen LogP contribution in [0, 0.1) is 18.7 Å². The summed E-state index contributed by atoms with van der Waals surface area (Å²) in [4.78, 5) is 29.3. The van der Waals surface area contributed by atoms with Gasteiger partial charge in [0, 0.05) is 26.2 Å². The van der Waals surface area contributed by atoms with Crippen LogP contribution in [0.25, 0.3) is 0 Å². The van der Waals surface area contributed by atoms with Gasteiger partial charge in [0.25, 0.3) is 0 Å². The summed E-state index contributed by atoms with van der Waals surface area (Å²) in [5.41, 5.74) is 1.67. The van der Waals surface area contributed by atoms with E-state index in [9.17, 15) is 22.4 Å². The van der Waals surface area contributed by atoms with Crippen molar-refractivity contribution in [3.05, 3.63) is 65.5 Å². The van der Waals surface area contributed by atoms with Crippen LogP contribution in [0.3, 0.4) is 0 Å². The van der Waals surface area contributed by atoms with Crippen molar-refractivity contribution in [2.45, 2.75) is 44.6 Å². The molecule has 0 radical (unpaired) electrons. The third kappa shape index (κ3) is 6.87. The molecule has 34 heavy (non-hydrogen) atoms. The number of hydrogen-bond acceptors (Lipinski definition) is 4. The fourth-order valence-electron chi connectivity index (χ4n) is 3.93. The summed E-state index contributed by atoms with van der Waals surface area (Å²) in [5, 5.41) is 0. The van der Waals surface area contributed by atoms with Gasteiger partial charge in [0.2, 0.25) is 21.8 Å². The molecule has 1 saturated heterocycles. The highest BCUT2D eigenvalue weighted by molar-refractivity contribution is 7.89. The number of nitrogens with zero attached hydrogens (tertiary/aromatic N) is 2. The lowest BCUT2D eigenvalue weighted by molar-refractivity contribution is -0.140. The Morgan fingerprint density at radius 1 is 0.941 bits per heavy atom. The molecule has 1 fully saturated rings. The standard InChI is InChI=1S/C25H32FN3O4S/c1-18(2)16-23(27-34(32,33)22-10-4-19(3)5-11-22)25(31)29-14-12-28(13-15-29)24(30)17-20-6-8-21(26)9-7-20/h4-11,18,23,27H,12-17H2,1-3H3. The Morgan fingerprint density at radius 3 is 2.06 bits per heavy atom. The number of nitrogens with one attached hydrogen (secondary N) is 1. The summed E-state index contributed by atoms with van der Waals surface area (Å²) in [6, 6.07) is 11.4. The van der Waals surface area contributed by atoms with E-state index < -0.39 is 16.1 Å². The zero-order valence-electron chi connectivity index (χ0n) is 19.8. The second-order valence-corrected chi connectivity index (χ2v) is 10.8. The van der Waals surface area contributed by atoms with Crippen LogP contribution in [-0.2, 0) is 26.0 Å². The van der Waals surface area contributed by atoms with Gasteiger partial charge in [0.1, 0.15) is 11.9 Å². The number of hydrogen-bond donors (Lipinski definition) is 1. The van der Waals surface area contributed by atoms with E-state index in [2.05, 4.69) is 4.72 Å².